The fraction of sp³-hybridized carbons (Fsp3) is 0.545. The van der Waals surface area contributed by atoms with Crippen molar-refractivity contribution >= 4 is 17.3 Å². The first-order chi connectivity index (χ1) is 7.12. The Balaban J connectivity index is 2.34. The molecule has 3 N–H and O–H groups in total. The lowest BCUT2D eigenvalue weighted by molar-refractivity contribution is -0.139. The average Bonchev–Trinajstić information content (AvgIpc) is 2.88. The van der Waals surface area contributed by atoms with Crippen LogP contribution in [0.4, 0.5) is 0 Å². The van der Waals surface area contributed by atoms with Crippen molar-refractivity contribution < 1.29 is 9.90 Å². The zero-order valence-corrected chi connectivity index (χ0v) is 9.51. The highest BCUT2D eigenvalue weighted by Gasteiger charge is 2.53. The summed E-state index contributed by atoms with van der Waals surface area (Å²) in [6.45, 7) is 2.09. The lowest BCUT2D eigenvalue weighted by Gasteiger charge is -2.19. The van der Waals surface area contributed by atoms with E-state index in [1.807, 2.05) is 5.38 Å². The van der Waals surface area contributed by atoms with Gasteiger partial charge in [-0.25, -0.2) is 0 Å². The molecule has 0 aromatic carbocycles. The van der Waals surface area contributed by atoms with E-state index in [2.05, 4.69) is 13.0 Å². The molecule has 3 nitrogen and oxygen atoms in total. The second-order valence-corrected chi connectivity index (χ2v) is 5.02. The summed E-state index contributed by atoms with van der Waals surface area (Å²) in [6.07, 6.45) is 2.77. The number of aliphatic carboxylic acids is 1. The molecule has 1 fully saturated rings. The van der Waals surface area contributed by atoms with Gasteiger partial charge in [0.1, 0.15) is 6.04 Å². The molecule has 0 bridgehead atoms. The van der Waals surface area contributed by atoms with Gasteiger partial charge in [0.25, 0.3) is 0 Å². The van der Waals surface area contributed by atoms with Crippen LogP contribution in [0.25, 0.3) is 0 Å². The fourth-order valence-corrected chi connectivity index (χ4v) is 3.40. The Labute approximate surface area is 92.9 Å². The minimum Gasteiger partial charge on any atom is -0.480 e. The van der Waals surface area contributed by atoms with Crippen LogP contribution in [0.3, 0.4) is 0 Å². The molecule has 1 unspecified atom stereocenters. The van der Waals surface area contributed by atoms with E-state index >= 15 is 0 Å². The van der Waals surface area contributed by atoms with Crippen molar-refractivity contribution in [2.24, 2.45) is 5.73 Å². The van der Waals surface area contributed by atoms with Crippen LogP contribution < -0.4 is 5.73 Å². The molecule has 1 saturated carbocycles. The van der Waals surface area contributed by atoms with Crippen LogP contribution in [0.15, 0.2) is 11.4 Å². The van der Waals surface area contributed by atoms with E-state index in [1.54, 1.807) is 11.3 Å². The van der Waals surface area contributed by atoms with Gasteiger partial charge >= 0.3 is 5.97 Å². The third-order valence-electron chi connectivity index (χ3n) is 3.23. The number of hydrogen-bond donors (Lipinski definition) is 2. The molecule has 0 amide bonds. The second kappa shape index (κ2) is 3.61. The van der Waals surface area contributed by atoms with Gasteiger partial charge in [-0.2, -0.15) is 0 Å². The molecule has 0 aliphatic heterocycles. The van der Waals surface area contributed by atoms with Gasteiger partial charge in [-0.1, -0.05) is 6.92 Å². The summed E-state index contributed by atoms with van der Waals surface area (Å²) in [4.78, 5) is 12.2. The molecule has 1 aliphatic rings. The van der Waals surface area contributed by atoms with E-state index in [9.17, 15) is 4.79 Å². The minimum atomic E-state index is -0.886. The number of carboxylic acid groups (broad SMARTS) is 1. The normalized spacial score (nSPS) is 19.9. The number of carbonyl (C=O) groups is 1. The Hall–Kier alpha value is -0.870. The fourth-order valence-electron chi connectivity index (χ4n) is 2.10. The van der Waals surface area contributed by atoms with Crippen LogP contribution >= 0.6 is 11.3 Å². The molecule has 15 heavy (non-hydrogen) atoms. The number of thiophene rings is 1. The molecule has 1 heterocycles. The average molecular weight is 225 g/mol. The lowest BCUT2D eigenvalue weighted by atomic mass is 9.92. The van der Waals surface area contributed by atoms with Gasteiger partial charge < -0.3 is 10.8 Å². The predicted molar refractivity (Wildman–Crippen MR) is 60.2 cm³/mol. The van der Waals surface area contributed by atoms with E-state index < -0.39 is 12.0 Å². The monoisotopic (exact) mass is 225 g/mol. The third-order valence-corrected chi connectivity index (χ3v) is 4.41. The Kier molecular flexibility index (Phi) is 2.56. The number of hydrogen-bond acceptors (Lipinski definition) is 3. The van der Waals surface area contributed by atoms with Crippen LogP contribution in [0.1, 0.15) is 30.2 Å². The summed E-state index contributed by atoms with van der Waals surface area (Å²) >= 11 is 1.65. The first kappa shape index (κ1) is 10.6. The first-order valence-corrected chi connectivity index (χ1v) is 6.05. The Morgan fingerprint density at radius 1 is 1.73 bits per heavy atom. The van der Waals surface area contributed by atoms with E-state index in [1.165, 1.54) is 10.4 Å². The Bertz CT molecular complexity index is 382. The Morgan fingerprint density at radius 2 is 2.40 bits per heavy atom. The van der Waals surface area contributed by atoms with Crippen LogP contribution in [-0.4, -0.2) is 17.1 Å². The number of rotatable bonds is 4. The molecule has 2 rings (SSSR count). The quantitative estimate of drug-likeness (QED) is 0.820. The van der Waals surface area contributed by atoms with Crippen molar-refractivity contribution in [1.82, 2.24) is 0 Å². The smallest absolute Gasteiger partial charge is 0.321 e. The van der Waals surface area contributed by atoms with Crippen molar-refractivity contribution in [2.75, 3.05) is 0 Å². The molecular formula is C11H15NO2S. The van der Waals surface area contributed by atoms with Gasteiger partial charge in [0.2, 0.25) is 0 Å². The van der Waals surface area contributed by atoms with Gasteiger partial charge in [0.05, 0.1) is 0 Å². The van der Waals surface area contributed by atoms with Crippen molar-refractivity contribution in [3.8, 4) is 0 Å². The zero-order chi connectivity index (χ0) is 11.1. The SMILES string of the molecule is CCc1ccsc1C1(C(N)C(=O)O)CC1. The molecule has 0 spiro atoms. The van der Waals surface area contributed by atoms with E-state index in [-0.39, 0.29) is 5.41 Å². The molecule has 0 radical (unpaired) electrons. The van der Waals surface area contributed by atoms with E-state index in [0.717, 1.165) is 19.3 Å². The van der Waals surface area contributed by atoms with Crippen molar-refractivity contribution in [1.29, 1.82) is 0 Å². The summed E-state index contributed by atoms with van der Waals surface area (Å²) in [7, 11) is 0. The zero-order valence-electron chi connectivity index (χ0n) is 8.69. The molecular weight excluding hydrogens is 210 g/mol. The second-order valence-electron chi connectivity index (χ2n) is 4.10. The van der Waals surface area contributed by atoms with Gasteiger partial charge in [-0.05, 0) is 36.3 Å². The van der Waals surface area contributed by atoms with Crippen LogP contribution in [0.2, 0.25) is 0 Å². The molecule has 1 aromatic rings. The van der Waals surface area contributed by atoms with E-state index in [0.29, 0.717) is 0 Å². The summed E-state index contributed by atoms with van der Waals surface area (Å²) in [5.74, 6) is -0.886. The topological polar surface area (TPSA) is 63.3 Å². The molecule has 4 heteroatoms. The van der Waals surface area contributed by atoms with Gasteiger partial charge in [0.15, 0.2) is 0 Å². The molecule has 1 atom stereocenters. The lowest BCUT2D eigenvalue weighted by Crippen LogP contribution is -2.41. The van der Waals surface area contributed by atoms with Crippen LogP contribution in [0, 0.1) is 0 Å². The molecule has 0 saturated heterocycles. The highest BCUT2D eigenvalue weighted by Crippen LogP contribution is 2.53. The predicted octanol–water partition coefficient (Wildman–Crippen LogP) is 1.75. The highest BCUT2D eigenvalue weighted by molar-refractivity contribution is 7.10. The van der Waals surface area contributed by atoms with Gasteiger partial charge in [0, 0.05) is 10.3 Å². The Morgan fingerprint density at radius 3 is 2.87 bits per heavy atom. The summed E-state index contributed by atoms with van der Waals surface area (Å²) in [5.41, 5.74) is 6.78. The summed E-state index contributed by atoms with van der Waals surface area (Å²) < 4.78 is 0. The largest absolute Gasteiger partial charge is 0.480 e. The standard InChI is InChI=1S/C11H15NO2S/c1-2-7-3-6-15-9(7)11(4-5-11)8(12)10(13)14/h3,6,8H,2,4-5,12H2,1H3,(H,13,14). The maximum absolute atomic E-state index is 11.0. The van der Waals surface area contributed by atoms with Crippen molar-refractivity contribution in [3.63, 3.8) is 0 Å². The maximum atomic E-state index is 11.0. The molecule has 82 valence electrons. The van der Waals surface area contributed by atoms with Gasteiger partial charge in [-0.3, -0.25) is 4.79 Å². The highest BCUT2D eigenvalue weighted by atomic mass is 32.1. The number of carboxylic acids is 1. The van der Waals surface area contributed by atoms with Crippen LogP contribution in [-0.2, 0) is 16.6 Å². The molecule has 1 aliphatic carbocycles. The number of aryl methyl sites for hydroxylation is 1. The van der Waals surface area contributed by atoms with Crippen LogP contribution in [0.5, 0.6) is 0 Å². The summed E-state index contributed by atoms with van der Waals surface area (Å²) in [5, 5.41) is 11.0. The third kappa shape index (κ3) is 1.58. The first-order valence-electron chi connectivity index (χ1n) is 5.17. The van der Waals surface area contributed by atoms with Crippen molar-refractivity contribution in [3.05, 3.63) is 21.9 Å². The van der Waals surface area contributed by atoms with Gasteiger partial charge in [-0.15, -0.1) is 11.3 Å². The maximum Gasteiger partial charge on any atom is 0.321 e. The molecule has 1 aromatic heterocycles. The summed E-state index contributed by atoms with van der Waals surface area (Å²) in [6, 6.07) is 1.33. The van der Waals surface area contributed by atoms with E-state index in [4.69, 9.17) is 10.8 Å². The van der Waals surface area contributed by atoms with Crippen molar-refractivity contribution in [2.45, 2.75) is 37.6 Å². The minimum absolute atomic E-state index is 0.259. The number of nitrogens with two attached hydrogens (primary N) is 1.